The lowest BCUT2D eigenvalue weighted by molar-refractivity contribution is 0.278. The Hall–Kier alpha value is -0.830. The van der Waals surface area contributed by atoms with Gasteiger partial charge in [0, 0.05) is 18.8 Å². The van der Waals surface area contributed by atoms with Crippen molar-refractivity contribution in [2.45, 2.75) is 45.6 Å². The molecule has 0 bridgehead atoms. The molecule has 0 aliphatic heterocycles. The van der Waals surface area contributed by atoms with Gasteiger partial charge in [0.25, 0.3) is 0 Å². The van der Waals surface area contributed by atoms with Crippen LogP contribution in [0.1, 0.15) is 39.2 Å². The van der Waals surface area contributed by atoms with Gasteiger partial charge in [0.15, 0.2) is 0 Å². The molecule has 3 nitrogen and oxygen atoms in total. The van der Waals surface area contributed by atoms with Gasteiger partial charge in [-0.2, -0.15) is 5.10 Å². The summed E-state index contributed by atoms with van der Waals surface area (Å²) in [4.78, 5) is 0. The second-order valence-electron chi connectivity index (χ2n) is 4.76. The molecule has 86 valence electrons. The van der Waals surface area contributed by atoms with Gasteiger partial charge in [0.05, 0.1) is 6.20 Å². The zero-order valence-electron chi connectivity index (χ0n) is 10.3. The van der Waals surface area contributed by atoms with Crippen LogP contribution in [0, 0.1) is 5.92 Å². The normalized spacial score (nSPS) is 15.6. The zero-order valence-corrected chi connectivity index (χ0v) is 10.3. The number of aryl methyl sites for hydroxylation is 2. The van der Waals surface area contributed by atoms with Gasteiger partial charge in [-0.3, -0.25) is 4.68 Å². The van der Waals surface area contributed by atoms with Crippen molar-refractivity contribution in [3.63, 3.8) is 0 Å². The van der Waals surface area contributed by atoms with E-state index in [-0.39, 0.29) is 5.54 Å². The summed E-state index contributed by atoms with van der Waals surface area (Å²) in [6, 6.07) is 0. The molecular formula is C12H23N3. The molecule has 1 rings (SSSR count). The van der Waals surface area contributed by atoms with E-state index in [4.69, 9.17) is 5.73 Å². The van der Waals surface area contributed by atoms with Crippen LogP contribution in [0.4, 0.5) is 0 Å². The molecule has 0 fully saturated rings. The van der Waals surface area contributed by atoms with Crippen LogP contribution in [0.5, 0.6) is 0 Å². The van der Waals surface area contributed by atoms with E-state index in [0.29, 0.717) is 5.92 Å². The third-order valence-electron chi connectivity index (χ3n) is 3.45. The molecule has 0 radical (unpaired) electrons. The summed E-state index contributed by atoms with van der Waals surface area (Å²) in [6.07, 6.45) is 7.08. The first-order valence-corrected chi connectivity index (χ1v) is 5.74. The van der Waals surface area contributed by atoms with Crippen molar-refractivity contribution in [3.05, 3.63) is 18.0 Å². The highest BCUT2D eigenvalue weighted by atomic mass is 15.2. The monoisotopic (exact) mass is 209 g/mol. The van der Waals surface area contributed by atoms with Gasteiger partial charge in [-0.1, -0.05) is 20.8 Å². The largest absolute Gasteiger partial charge is 0.325 e. The van der Waals surface area contributed by atoms with Gasteiger partial charge in [-0.25, -0.2) is 0 Å². The van der Waals surface area contributed by atoms with Crippen molar-refractivity contribution in [3.8, 4) is 0 Å². The van der Waals surface area contributed by atoms with Crippen LogP contribution in [-0.4, -0.2) is 15.3 Å². The van der Waals surface area contributed by atoms with Crippen molar-refractivity contribution in [2.75, 3.05) is 0 Å². The maximum absolute atomic E-state index is 6.37. The van der Waals surface area contributed by atoms with Gasteiger partial charge in [-0.05, 0) is 30.7 Å². The summed E-state index contributed by atoms with van der Waals surface area (Å²) in [6.45, 7) is 6.57. The molecule has 1 heterocycles. The second kappa shape index (κ2) is 4.79. The Morgan fingerprint density at radius 2 is 2.20 bits per heavy atom. The van der Waals surface area contributed by atoms with Crippen LogP contribution >= 0.6 is 0 Å². The van der Waals surface area contributed by atoms with Gasteiger partial charge < -0.3 is 5.73 Å². The molecule has 0 spiro atoms. The third kappa shape index (κ3) is 3.06. The summed E-state index contributed by atoms with van der Waals surface area (Å²) in [5.41, 5.74) is 7.61. The Balaban J connectivity index is 2.55. The first kappa shape index (κ1) is 12.2. The Labute approximate surface area is 92.7 Å². The molecule has 1 aromatic rings. The predicted molar refractivity (Wildman–Crippen MR) is 63.6 cm³/mol. The van der Waals surface area contributed by atoms with Crippen LogP contribution in [0.15, 0.2) is 12.4 Å². The smallest absolute Gasteiger partial charge is 0.0521 e. The van der Waals surface area contributed by atoms with Gasteiger partial charge in [0.2, 0.25) is 0 Å². The number of nitrogens with two attached hydrogens (primary N) is 1. The van der Waals surface area contributed by atoms with Crippen LogP contribution in [0.25, 0.3) is 0 Å². The first-order valence-electron chi connectivity index (χ1n) is 5.74. The summed E-state index contributed by atoms with van der Waals surface area (Å²) < 4.78 is 1.84. The quantitative estimate of drug-likeness (QED) is 0.807. The van der Waals surface area contributed by atoms with Crippen molar-refractivity contribution in [1.29, 1.82) is 0 Å². The summed E-state index contributed by atoms with van der Waals surface area (Å²) >= 11 is 0. The van der Waals surface area contributed by atoms with E-state index in [9.17, 15) is 0 Å². The van der Waals surface area contributed by atoms with Crippen LogP contribution < -0.4 is 5.73 Å². The summed E-state index contributed by atoms with van der Waals surface area (Å²) in [7, 11) is 1.95. The van der Waals surface area contributed by atoms with Gasteiger partial charge in [0.1, 0.15) is 0 Å². The van der Waals surface area contributed by atoms with Crippen LogP contribution in [0.2, 0.25) is 0 Å². The fourth-order valence-electron chi connectivity index (χ4n) is 1.85. The number of rotatable bonds is 5. The van der Waals surface area contributed by atoms with Crippen molar-refractivity contribution < 1.29 is 0 Å². The highest BCUT2D eigenvalue weighted by Gasteiger charge is 2.26. The van der Waals surface area contributed by atoms with Crippen molar-refractivity contribution >= 4 is 0 Å². The predicted octanol–water partition coefficient (Wildman–Crippen LogP) is 2.12. The molecule has 1 atom stereocenters. The lowest BCUT2D eigenvalue weighted by Crippen LogP contribution is -2.44. The highest BCUT2D eigenvalue weighted by Crippen LogP contribution is 2.23. The topological polar surface area (TPSA) is 43.8 Å². The standard InChI is InChI=1S/C12H23N3/c1-5-12(13,10(2)3)7-6-11-8-14-15(4)9-11/h8-10H,5-7,13H2,1-4H3. The van der Waals surface area contributed by atoms with E-state index in [2.05, 4.69) is 32.1 Å². The first-order chi connectivity index (χ1) is 6.98. The average molecular weight is 209 g/mol. The maximum atomic E-state index is 6.37. The molecule has 0 aliphatic carbocycles. The molecule has 15 heavy (non-hydrogen) atoms. The van der Waals surface area contributed by atoms with Crippen LogP contribution in [-0.2, 0) is 13.5 Å². The zero-order chi connectivity index (χ0) is 11.5. The maximum Gasteiger partial charge on any atom is 0.0521 e. The minimum absolute atomic E-state index is 0.0319. The molecule has 0 amide bonds. The minimum Gasteiger partial charge on any atom is -0.325 e. The van der Waals surface area contributed by atoms with E-state index in [1.807, 2.05) is 17.9 Å². The fourth-order valence-corrected chi connectivity index (χ4v) is 1.85. The fraction of sp³-hybridized carbons (Fsp3) is 0.750. The molecule has 3 heteroatoms. The molecule has 1 unspecified atom stereocenters. The number of nitrogens with zero attached hydrogens (tertiary/aromatic N) is 2. The number of hydrogen-bond donors (Lipinski definition) is 1. The summed E-state index contributed by atoms with van der Waals surface area (Å²) in [5.74, 6) is 0.527. The van der Waals surface area contributed by atoms with Crippen molar-refractivity contribution in [2.24, 2.45) is 18.7 Å². The van der Waals surface area contributed by atoms with E-state index in [0.717, 1.165) is 19.3 Å². The second-order valence-corrected chi connectivity index (χ2v) is 4.76. The van der Waals surface area contributed by atoms with E-state index >= 15 is 0 Å². The van der Waals surface area contributed by atoms with Gasteiger partial charge >= 0.3 is 0 Å². The van der Waals surface area contributed by atoms with E-state index < -0.39 is 0 Å². The molecule has 2 N–H and O–H groups in total. The SMILES string of the molecule is CCC(N)(CCc1cnn(C)c1)C(C)C. The molecule has 1 aromatic heterocycles. The molecule has 0 aromatic carbocycles. The molecule has 0 saturated heterocycles. The molecular weight excluding hydrogens is 186 g/mol. The van der Waals surface area contributed by atoms with Gasteiger partial charge in [-0.15, -0.1) is 0 Å². The van der Waals surface area contributed by atoms with Crippen LogP contribution in [0.3, 0.4) is 0 Å². The Bertz CT molecular complexity index is 304. The Morgan fingerprint density at radius 1 is 1.53 bits per heavy atom. The molecule has 0 aliphatic rings. The van der Waals surface area contributed by atoms with E-state index in [1.54, 1.807) is 0 Å². The number of aromatic nitrogens is 2. The van der Waals surface area contributed by atoms with Crippen molar-refractivity contribution in [1.82, 2.24) is 9.78 Å². The Morgan fingerprint density at radius 3 is 2.60 bits per heavy atom. The Kier molecular flexibility index (Phi) is 3.91. The summed E-state index contributed by atoms with van der Waals surface area (Å²) in [5, 5.41) is 4.16. The number of hydrogen-bond acceptors (Lipinski definition) is 2. The minimum atomic E-state index is -0.0319. The third-order valence-corrected chi connectivity index (χ3v) is 3.45. The van der Waals surface area contributed by atoms with E-state index in [1.165, 1.54) is 5.56 Å². The highest BCUT2D eigenvalue weighted by molar-refractivity contribution is 5.05. The lowest BCUT2D eigenvalue weighted by atomic mass is 9.80. The average Bonchev–Trinajstić information content (AvgIpc) is 2.60. The molecule has 0 saturated carbocycles. The lowest BCUT2D eigenvalue weighted by Gasteiger charge is -2.32.